The maximum absolute atomic E-state index is 13.0. The lowest BCUT2D eigenvalue weighted by Crippen LogP contribution is -2.34. The molecular formula is C16H26N2O2S. The molecule has 1 saturated carbocycles. The number of sulfonamides is 1. The summed E-state index contributed by atoms with van der Waals surface area (Å²) in [6.45, 7) is 7.05. The number of benzene rings is 1. The topological polar surface area (TPSA) is 49.4 Å². The largest absolute Gasteiger partial charge is 0.388 e. The number of rotatable bonds is 7. The molecular weight excluding hydrogens is 284 g/mol. The molecule has 1 aromatic carbocycles. The zero-order valence-electron chi connectivity index (χ0n) is 13.4. The fraction of sp³-hybridized carbons (Fsp3) is 0.625. The van der Waals surface area contributed by atoms with Gasteiger partial charge in [-0.15, -0.1) is 0 Å². The van der Waals surface area contributed by atoms with E-state index in [1.54, 1.807) is 4.31 Å². The van der Waals surface area contributed by atoms with E-state index in [9.17, 15) is 8.42 Å². The lowest BCUT2D eigenvalue weighted by Gasteiger charge is -2.24. The fourth-order valence-corrected chi connectivity index (χ4v) is 4.80. The van der Waals surface area contributed by atoms with Crippen LogP contribution >= 0.6 is 0 Å². The molecule has 0 saturated heterocycles. The van der Waals surface area contributed by atoms with E-state index in [2.05, 4.69) is 5.32 Å². The quantitative estimate of drug-likeness (QED) is 0.841. The van der Waals surface area contributed by atoms with Gasteiger partial charge in [-0.05, 0) is 62.3 Å². The fourth-order valence-electron chi connectivity index (χ4n) is 2.78. The van der Waals surface area contributed by atoms with Crippen molar-refractivity contribution in [3.63, 3.8) is 0 Å². The molecule has 4 nitrogen and oxygen atoms in total. The summed E-state index contributed by atoms with van der Waals surface area (Å²) in [4.78, 5) is 0.482. The van der Waals surface area contributed by atoms with E-state index in [-0.39, 0.29) is 0 Å². The summed E-state index contributed by atoms with van der Waals surface area (Å²) in [5.74, 6) is 0.559. The van der Waals surface area contributed by atoms with Crippen molar-refractivity contribution in [1.29, 1.82) is 0 Å². The van der Waals surface area contributed by atoms with Crippen molar-refractivity contribution in [3.8, 4) is 0 Å². The molecule has 0 radical (unpaired) electrons. The molecule has 0 aromatic heterocycles. The molecule has 0 heterocycles. The van der Waals surface area contributed by atoms with Crippen molar-refractivity contribution in [1.82, 2.24) is 4.31 Å². The van der Waals surface area contributed by atoms with Crippen molar-refractivity contribution < 1.29 is 8.42 Å². The van der Waals surface area contributed by atoms with Crippen LogP contribution in [-0.2, 0) is 10.0 Å². The van der Waals surface area contributed by atoms with Crippen LogP contribution in [0.15, 0.2) is 17.0 Å². The van der Waals surface area contributed by atoms with Gasteiger partial charge in [0.25, 0.3) is 0 Å². The zero-order chi connectivity index (χ0) is 15.6. The summed E-state index contributed by atoms with van der Waals surface area (Å²) < 4.78 is 27.7. The third-order valence-electron chi connectivity index (χ3n) is 3.98. The Hall–Kier alpha value is -1.07. The highest BCUT2D eigenvalue weighted by molar-refractivity contribution is 7.89. The summed E-state index contributed by atoms with van der Waals surface area (Å²) >= 11 is 0. The number of nitrogens with one attached hydrogen (secondary N) is 1. The first-order valence-electron chi connectivity index (χ1n) is 7.69. The van der Waals surface area contributed by atoms with Crippen LogP contribution in [-0.4, -0.2) is 32.9 Å². The van der Waals surface area contributed by atoms with Crippen LogP contribution in [0.1, 0.15) is 37.3 Å². The number of hydrogen-bond acceptors (Lipinski definition) is 3. The van der Waals surface area contributed by atoms with Gasteiger partial charge in [-0.25, -0.2) is 8.42 Å². The average Bonchev–Trinajstić information content (AvgIpc) is 3.21. The highest BCUT2D eigenvalue weighted by atomic mass is 32.2. The number of anilines is 1. The van der Waals surface area contributed by atoms with E-state index in [0.29, 0.717) is 23.9 Å². The zero-order valence-corrected chi connectivity index (χ0v) is 14.3. The maximum atomic E-state index is 13.0. The van der Waals surface area contributed by atoms with Gasteiger partial charge in [0, 0.05) is 25.8 Å². The summed E-state index contributed by atoms with van der Waals surface area (Å²) in [5, 5.41) is 3.08. The normalized spacial score (nSPS) is 15.5. The Morgan fingerprint density at radius 3 is 2.24 bits per heavy atom. The molecule has 1 aliphatic rings. The molecule has 1 fully saturated rings. The van der Waals surface area contributed by atoms with E-state index in [1.165, 1.54) is 0 Å². The number of aryl methyl sites for hydroxylation is 2. The van der Waals surface area contributed by atoms with Gasteiger partial charge in [-0.3, -0.25) is 0 Å². The van der Waals surface area contributed by atoms with E-state index < -0.39 is 10.0 Å². The van der Waals surface area contributed by atoms with Crippen molar-refractivity contribution >= 4 is 15.7 Å². The van der Waals surface area contributed by atoms with Crippen molar-refractivity contribution in [2.45, 2.75) is 44.9 Å². The van der Waals surface area contributed by atoms with Gasteiger partial charge in [-0.1, -0.05) is 6.92 Å². The molecule has 1 aromatic rings. The molecule has 1 aliphatic carbocycles. The van der Waals surface area contributed by atoms with Crippen LogP contribution in [0, 0.1) is 19.8 Å². The van der Waals surface area contributed by atoms with Crippen LogP contribution in [0.4, 0.5) is 5.69 Å². The Morgan fingerprint density at radius 1 is 1.24 bits per heavy atom. The second-order valence-electron chi connectivity index (χ2n) is 6.00. The van der Waals surface area contributed by atoms with Crippen molar-refractivity contribution in [3.05, 3.63) is 23.3 Å². The predicted octanol–water partition coefficient (Wildman–Crippen LogP) is 3.16. The molecule has 1 N–H and O–H groups in total. The van der Waals surface area contributed by atoms with Gasteiger partial charge in [0.1, 0.15) is 0 Å². The smallest absolute Gasteiger partial charge is 0.243 e. The van der Waals surface area contributed by atoms with Crippen LogP contribution in [0.2, 0.25) is 0 Å². The summed E-state index contributed by atoms with van der Waals surface area (Å²) in [6, 6.07) is 3.81. The second-order valence-corrected chi connectivity index (χ2v) is 7.87. The monoisotopic (exact) mass is 310 g/mol. The Kier molecular flexibility index (Phi) is 4.94. The molecule has 0 bridgehead atoms. The molecule has 0 unspecified atom stereocenters. The van der Waals surface area contributed by atoms with Gasteiger partial charge in [0.15, 0.2) is 0 Å². The third kappa shape index (κ3) is 3.58. The molecule has 0 spiro atoms. The van der Waals surface area contributed by atoms with E-state index >= 15 is 0 Å². The Labute approximate surface area is 128 Å². The van der Waals surface area contributed by atoms with Crippen LogP contribution in [0.5, 0.6) is 0 Å². The lowest BCUT2D eigenvalue weighted by molar-refractivity contribution is 0.395. The molecule has 0 amide bonds. The first kappa shape index (κ1) is 16.3. The van der Waals surface area contributed by atoms with E-state index in [0.717, 1.165) is 36.1 Å². The Balaban J connectivity index is 2.41. The molecule has 118 valence electrons. The van der Waals surface area contributed by atoms with Gasteiger partial charge >= 0.3 is 0 Å². The number of nitrogens with zero attached hydrogens (tertiary/aromatic N) is 1. The minimum Gasteiger partial charge on any atom is -0.388 e. The summed E-state index contributed by atoms with van der Waals surface area (Å²) in [5.41, 5.74) is 2.58. The third-order valence-corrected chi connectivity index (χ3v) is 6.15. The molecule has 21 heavy (non-hydrogen) atoms. The van der Waals surface area contributed by atoms with Gasteiger partial charge in [-0.2, -0.15) is 4.31 Å². The minimum absolute atomic E-state index is 0.482. The first-order chi connectivity index (χ1) is 9.90. The van der Waals surface area contributed by atoms with E-state index in [1.807, 2.05) is 40.0 Å². The Morgan fingerprint density at radius 2 is 1.81 bits per heavy atom. The highest BCUT2D eigenvalue weighted by Crippen LogP contribution is 2.33. The van der Waals surface area contributed by atoms with Crippen LogP contribution in [0.3, 0.4) is 0 Å². The maximum Gasteiger partial charge on any atom is 0.243 e. The first-order valence-corrected chi connectivity index (χ1v) is 9.13. The van der Waals surface area contributed by atoms with Gasteiger partial charge in [0.2, 0.25) is 10.0 Å². The van der Waals surface area contributed by atoms with Crippen LogP contribution < -0.4 is 5.32 Å². The Bertz CT molecular complexity index is 584. The SMILES string of the molecule is CCCN(CC1CC1)S(=O)(=O)c1c(C)cc(NC)cc1C. The lowest BCUT2D eigenvalue weighted by atomic mass is 10.1. The summed E-state index contributed by atoms with van der Waals surface area (Å²) in [7, 11) is -1.55. The molecule has 0 atom stereocenters. The van der Waals surface area contributed by atoms with Crippen molar-refractivity contribution in [2.75, 3.05) is 25.5 Å². The summed E-state index contributed by atoms with van der Waals surface area (Å²) in [6.07, 6.45) is 3.16. The minimum atomic E-state index is -3.40. The number of hydrogen-bond donors (Lipinski definition) is 1. The molecule has 0 aliphatic heterocycles. The van der Waals surface area contributed by atoms with Crippen molar-refractivity contribution in [2.24, 2.45) is 5.92 Å². The molecule has 5 heteroatoms. The average molecular weight is 310 g/mol. The molecule has 2 rings (SSSR count). The second kappa shape index (κ2) is 6.36. The van der Waals surface area contributed by atoms with Crippen LogP contribution in [0.25, 0.3) is 0 Å². The standard InChI is InChI=1S/C16H26N2O2S/c1-5-8-18(11-14-6-7-14)21(19,20)16-12(2)9-15(17-4)10-13(16)3/h9-10,14,17H,5-8,11H2,1-4H3. The van der Waals surface area contributed by atoms with E-state index in [4.69, 9.17) is 0 Å². The van der Waals surface area contributed by atoms with Gasteiger partial charge < -0.3 is 5.32 Å². The highest BCUT2D eigenvalue weighted by Gasteiger charge is 2.32. The predicted molar refractivity (Wildman–Crippen MR) is 87.2 cm³/mol. The van der Waals surface area contributed by atoms with Gasteiger partial charge in [0.05, 0.1) is 4.90 Å².